The maximum absolute atomic E-state index is 13.3. The number of halogens is 3. The number of nitrogens with zero attached hydrogens (tertiary/aromatic N) is 2. The number of aryl methyl sites for hydroxylation is 1. The lowest BCUT2D eigenvalue weighted by Crippen LogP contribution is -2.15. The summed E-state index contributed by atoms with van der Waals surface area (Å²) in [5, 5.41) is 6.18. The van der Waals surface area contributed by atoms with Crippen molar-refractivity contribution in [1.82, 2.24) is 9.97 Å². The Morgan fingerprint density at radius 2 is 1.85 bits per heavy atom. The summed E-state index contributed by atoms with van der Waals surface area (Å²) < 4.78 is 13.3. The summed E-state index contributed by atoms with van der Waals surface area (Å²) in [7, 11) is 0. The molecule has 0 bridgehead atoms. The summed E-state index contributed by atoms with van der Waals surface area (Å²) in [6, 6.07) is 12.3. The molecule has 8 heteroatoms. The molecule has 1 aromatic heterocycles. The standard InChI is InChI=1S/C18H13Cl2FN4O/c1-10-22-15(18(26)25-14-7-3-6-13(19)17(14)20)9-16(23-10)24-12-5-2-4-11(21)8-12/h2-9H,1H3,(H,25,26)(H,22,23,24). The van der Waals surface area contributed by atoms with Crippen LogP contribution in [0.1, 0.15) is 16.3 Å². The molecule has 0 aliphatic rings. The summed E-state index contributed by atoms with van der Waals surface area (Å²) in [4.78, 5) is 20.8. The Labute approximate surface area is 159 Å². The van der Waals surface area contributed by atoms with Crippen LogP contribution in [0.2, 0.25) is 10.0 Å². The van der Waals surface area contributed by atoms with Gasteiger partial charge in [0, 0.05) is 11.8 Å². The molecular weight excluding hydrogens is 378 g/mol. The zero-order valence-electron chi connectivity index (χ0n) is 13.6. The van der Waals surface area contributed by atoms with E-state index in [1.807, 2.05) is 0 Å². The molecule has 5 nitrogen and oxygen atoms in total. The SMILES string of the molecule is Cc1nc(Nc2cccc(F)c2)cc(C(=O)Nc2cccc(Cl)c2Cl)n1. The Morgan fingerprint density at radius 3 is 2.62 bits per heavy atom. The van der Waals surface area contributed by atoms with Gasteiger partial charge in [-0.2, -0.15) is 0 Å². The number of carbonyl (C=O) groups excluding carboxylic acids is 1. The van der Waals surface area contributed by atoms with Crippen LogP contribution in [-0.2, 0) is 0 Å². The minimum atomic E-state index is -0.470. The summed E-state index contributed by atoms with van der Waals surface area (Å²) in [6.07, 6.45) is 0. The van der Waals surface area contributed by atoms with Crippen LogP contribution in [0.25, 0.3) is 0 Å². The average Bonchev–Trinajstić information content (AvgIpc) is 2.58. The highest BCUT2D eigenvalue weighted by molar-refractivity contribution is 6.44. The van der Waals surface area contributed by atoms with Crippen molar-refractivity contribution >= 4 is 46.3 Å². The maximum atomic E-state index is 13.3. The molecule has 26 heavy (non-hydrogen) atoms. The molecular formula is C18H13Cl2FN4O. The van der Waals surface area contributed by atoms with Crippen molar-refractivity contribution in [1.29, 1.82) is 0 Å². The van der Waals surface area contributed by atoms with Gasteiger partial charge in [-0.3, -0.25) is 4.79 Å². The second kappa shape index (κ2) is 7.68. The van der Waals surface area contributed by atoms with Crippen molar-refractivity contribution in [3.63, 3.8) is 0 Å². The lowest BCUT2D eigenvalue weighted by Gasteiger charge is -2.10. The van der Waals surface area contributed by atoms with Crippen molar-refractivity contribution < 1.29 is 9.18 Å². The topological polar surface area (TPSA) is 66.9 Å². The van der Waals surface area contributed by atoms with Gasteiger partial charge in [0.25, 0.3) is 5.91 Å². The Bertz CT molecular complexity index is 981. The van der Waals surface area contributed by atoms with E-state index in [9.17, 15) is 9.18 Å². The molecule has 0 radical (unpaired) electrons. The summed E-state index contributed by atoms with van der Waals surface area (Å²) in [5.41, 5.74) is 1.01. The number of amides is 1. The number of nitrogens with one attached hydrogen (secondary N) is 2. The highest BCUT2D eigenvalue weighted by Gasteiger charge is 2.14. The lowest BCUT2D eigenvalue weighted by atomic mass is 10.2. The van der Waals surface area contributed by atoms with Crippen LogP contribution in [0.15, 0.2) is 48.5 Å². The second-order valence-electron chi connectivity index (χ2n) is 5.38. The van der Waals surface area contributed by atoms with E-state index in [4.69, 9.17) is 23.2 Å². The van der Waals surface area contributed by atoms with Crippen LogP contribution < -0.4 is 10.6 Å². The predicted octanol–water partition coefficient (Wildman–Crippen LogP) is 5.23. The van der Waals surface area contributed by atoms with Gasteiger partial charge in [-0.1, -0.05) is 35.3 Å². The van der Waals surface area contributed by atoms with E-state index in [-0.39, 0.29) is 16.5 Å². The highest BCUT2D eigenvalue weighted by Crippen LogP contribution is 2.29. The zero-order valence-corrected chi connectivity index (χ0v) is 15.1. The van der Waals surface area contributed by atoms with E-state index in [0.29, 0.717) is 28.0 Å². The Kier molecular flexibility index (Phi) is 5.35. The third-order valence-corrected chi connectivity index (χ3v) is 4.19. The molecule has 132 valence electrons. The summed E-state index contributed by atoms with van der Waals surface area (Å²) in [5.74, 6) is -0.101. The fraction of sp³-hybridized carbons (Fsp3) is 0.0556. The van der Waals surface area contributed by atoms with Crippen LogP contribution in [0.3, 0.4) is 0 Å². The molecule has 0 aliphatic heterocycles. The van der Waals surface area contributed by atoms with E-state index in [1.54, 1.807) is 37.3 Å². The first-order valence-electron chi connectivity index (χ1n) is 7.56. The van der Waals surface area contributed by atoms with Gasteiger partial charge in [0.05, 0.1) is 15.7 Å². The monoisotopic (exact) mass is 390 g/mol. The number of hydrogen-bond donors (Lipinski definition) is 2. The Hall–Kier alpha value is -2.70. The van der Waals surface area contributed by atoms with E-state index in [0.717, 1.165) is 0 Å². The van der Waals surface area contributed by atoms with E-state index in [1.165, 1.54) is 18.2 Å². The molecule has 0 atom stereocenters. The van der Waals surface area contributed by atoms with Crippen molar-refractivity contribution in [2.24, 2.45) is 0 Å². The first-order chi connectivity index (χ1) is 12.4. The first kappa shape index (κ1) is 18.1. The number of aromatic nitrogens is 2. The van der Waals surface area contributed by atoms with E-state index >= 15 is 0 Å². The molecule has 3 aromatic rings. The average molecular weight is 391 g/mol. The van der Waals surface area contributed by atoms with Gasteiger partial charge >= 0.3 is 0 Å². The minimum absolute atomic E-state index is 0.132. The Balaban J connectivity index is 1.84. The molecule has 1 amide bonds. The molecule has 0 saturated carbocycles. The molecule has 0 aliphatic carbocycles. The van der Waals surface area contributed by atoms with Gasteiger partial charge in [-0.05, 0) is 37.3 Å². The number of rotatable bonds is 4. The van der Waals surface area contributed by atoms with Crippen molar-refractivity contribution in [3.8, 4) is 0 Å². The molecule has 0 saturated heterocycles. The summed E-state index contributed by atoms with van der Waals surface area (Å²) in [6.45, 7) is 1.65. The number of carbonyl (C=O) groups is 1. The van der Waals surface area contributed by atoms with Gasteiger partial charge in [-0.15, -0.1) is 0 Å². The minimum Gasteiger partial charge on any atom is -0.340 e. The molecule has 0 fully saturated rings. The normalized spacial score (nSPS) is 10.5. The molecule has 2 N–H and O–H groups in total. The van der Waals surface area contributed by atoms with Crippen LogP contribution in [0.5, 0.6) is 0 Å². The van der Waals surface area contributed by atoms with Crippen molar-refractivity contribution in [3.05, 3.63) is 75.9 Å². The smallest absolute Gasteiger partial charge is 0.274 e. The van der Waals surface area contributed by atoms with Gasteiger partial charge in [0.1, 0.15) is 23.2 Å². The fourth-order valence-electron chi connectivity index (χ4n) is 2.25. The molecule has 0 unspecified atom stereocenters. The van der Waals surface area contributed by atoms with Gasteiger partial charge in [-0.25, -0.2) is 14.4 Å². The number of benzene rings is 2. The molecule has 2 aromatic carbocycles. The number of anilines is 3. The largest absolute Gasteiger partial charge is 0.340 e. The van der Waals surface area contributed by atoms with Gasteiger partial charge < -0.3 is 10.6 Å². The third-order valence-electron chi connectivity index (χ3n) is 3.37. The third kappa shape index (κ3) is 4.28. The summed E-state index contributed by atoms with van der Waals surface area (Å²) >= 11 is 12.0. The van der Waals surface area contributed by atoms with Crippen molar-refractivity contribution in [2.45, 2.75) is 6.92 Å². The zero-order chi connectivity index (χ0) is 18.7. The van der Waals surface area contributed by atoms with Gasteiger partial charge in [0.15, 0.2) is 0 Å². The molecule has 0 spiro atoms. The van der Waals surface area contributed by atoms with Crippen LogP contribution in [-0.4, -0.2) is 15.9 Å². The molecule has 1 heterocycles. The van der Waals surface area contributed by atoms with Crippen LogP contribution in [0.4, 0.5) is 21.6 Å². The van der Waals surface area contributed by atoms with Gasteiger partial charge in [0.2, 0.25) is 0 Å². The predicted molar refractivity (Wildman–Crippen MR) is 101 cm³/mol. The van der Waals surface area contributed by atoms with Crippen LogP contribution in [0, 0.1) is 12.7 Å². The second-order valence-corrected chi connectivity index (χ2v) is 6.16. The number of hydrogen-bond acceptors (Lipinski definition) is 4. The van der Waals surface area contributed by atoms with E-state index < -0.39 is 5.91 Å². The fourth-order valence-corrected chi connectivity index (χ4v) is 2.60. The highest BCUT2D eigenvalue weighted by atomic mass is 35.5. The lowest BCUT2D eigenvalue weighted by molar-refractivity contribution is 0.102. The van der Waals surface area contributed by atoms with E-state index in [2.05, 4.69) is 20.6 Å². The molecule has 3 rings (SSSR count). The quantitative estimate of drug-likeness (QED) is 0.640. The van der Waals surface area contributed by atoms with Crippen molar-refractivity contribution in [2.75, 3.05) is 10.6 Å². The Morgan fingerprint density at radius 1 is 1.08 bits per heavy atom. The first-order valence-corrected chi connectivity index (χ1v) is 8.31. The maximum Gasteiger partial charge on any atom is 0.274 e. The van der Waals surface area contributed by atoms with Crippen LogP contribution >= 0.6 is 23.2 Å².